The maximum atomic E-state index is 12.0. The summed E-state index contributed by atoms with van der Waals surface area (Å²) in [5.74, 6) is -0.688. The van der Waals surface area contributed by atoms with Crippen molar-refractivity contribution in [2.45, 2.75) is 13.8 Å². The summed E-state index contributed by atoms with van der Waals surface area (Å²) < 4.78 is 6.30. The number of hydrogen-bond acceptors (Lipinski definition) is 5. The van der Waals surface area contributed by atoms with E-state index in [1.165, 1.54) is 10.9 Å². The Morgan fingerprint density at radius 3 is 2.85 bits per heavy atom. The Hall–Kier alpha value is -2.64. The highest BCUT2D eigenvalue weighted by atomic mass is 16.5. The highest BCUT2D eigenvalue weighted by Gasteiger charge is 2.20. The van der Waals surface area contributed by atoms with Crippen molar-refractivity contribution in [3.8, 4) is 0 Å². The lowest BCUT2D eigenvalue weighted by molar-refractivity contribution is 0.0527. The molecule has 2 N–H and O–H groups in total. The Labute approximate surface area is 115 Å². The van der Waals surface area contributed by atoms with Crippen LogP contribution >= 0.6 is 0 Å². The molecule has 2 heterocycles. The molecule has 8 heteroatoms. The van der Waals surface area contributed by atoms with E-state index in [1.807, 2.05) is 0 Å². The minimum Gasteiger partial charge on any atom is -0.462 e. The Balaban J connectivity index is 2.23. The second-order valence-electron chi connectivity index (χ2n) is 4.14. The van der Waals surface area contributed by atoms with Gasteiger partial charge in [0.1, 0.15) is 11.4 Å². The van der Waals surface area contributed by atoms with Gasteiger partial charge in [0.05, 0.1) is 12.8 Å². The van der Waals surface area contributed by atoms with E-state index < -0.39 is 11.9 Å². The van der Waals surface area contributed by atoms with Gasteiger partial charge in [-0.25, -0.2) is 4.79 Å². The van der Waals surface area contributed by atoms with E-state index in [-0.39, 0.29) is 23.7 Å². The topological polar surface area (TPSA) is 102 Å². The standard InChI is InChI=1S/C12H15N5O3/c1-4-20-12(19)8-6-13-17(3)10(8)14-11(18)9-5-7(2)15-16-9/h5-6H,4H2,1-3H3,(H,14,18)(H,15,16). The molecule has 0 aliphatic rings. The Morgan fingerprint density at radius 2 is 2.25 bits per heavy atom. The van der Waals surface area contributed by atoms with E-state index in [0.717, 1.165) is 5.69 Å². The molecule has 0 spiro atoms. The molecule has 106 valence electrons. The van der Waals surface area contributed by atoms with Gasteiger partial charge < -0.3 is 10.1 Å². The van der Waals surface area contributed by atoms with Crippen molar-refractivity contribution < 1.29 is 14.3 Å². The van der Waals surface area contributed by atoms with Crippen LogP contribution in [-0.2, 0) is 11.8 Å². The average Bonchev–Trinajstić information content (AvgIpc) is 2.98. The van der Waals surface area contributed by atoms with Gasteiger partial charge in [-0.1, -0.05) is 0 Å². The van der Waals surface area contributed by atoms with Crippen LogP contribution in [0.5, 0.6) is 0 Å². The van der Waals surface area contributed by atoms with Crippen LogP contribution in [0.1, 0.15) is 33.5 Å². The predicted molar refractivity (Wildman–Crippen MR) is 70.4 cm³/mol. The van der Waals surface area contributed by atoms with E-state index in [2.05, 4.69) is 20.6 Å². The summed E-state index contributed by atoms with van der Waals surface area (Å²) >= 11 is 0. The predicted octanol–water partition coefficient (Wildman–Crippen LogP) is 0.881. The molecule has 2 aromatic rings. The summed E-state index contributed by atoms with van der Waals surface area (Å²) in [5.41, 5.74) is 1.21. The van der Waals surface area contributed by atoms with Crippen LogP contribution in [0.15, 0.2) is 12.3 Å². The highest BCUT2D eigenvalue weighted by Crippen LogP contribution is 2.16. The number of nitrogens with one attached hydrogen (secondary N) is 2. The highest BCUT2D eigenvalue weighted by molar-refractivity contribution is 6.06. The zero-order valence-electron chi connectivity index (χ0n) is 11.4. The monoisotopic (exact) mass is 277 g/mol. The van der Waals surface area contributed by atoms with Crippen molar-refractivity contribution in [1.82, 2.24) is 20.0 Å². The van der Waals surface area contributed by atoms with Crippen molar-refractivity contribution in [1.29, 1.82) is 0 Å². The van der Waals surface area contributed by atoms with E-state index >= 15 is 0 Å². The third-order valence-corrected chi connectivity index (χ3v) is 2.60. The zero-order valence-corrected chi connectivity index (χ0v) is 11.4. The first-order chi connectivity index (χ1) is 9.52. The number of rotatable bonds is 4. The van der Waals surface area contributed by atoms with Crippen molar-refractivity contribution in [2.75, 3.05) is 11.9 Å². The second kappa shape index (κ2) is 5.55. The molecule has 8 nitrogen and oxygen atoms in total. The first kappa shape index (κ1) is 13.8. The lowest BCUT2D eigenvalue weighted by Gasteiger charge is -2.06. The SMILES string of the molecule is CCOC(=O)c1cnn(C)c1NC(=O)c1cc(C)[nH]n1. The van der Waals surface area contributed by atoms with Gasteiger partial charge in [-0.15, -0.1) is 0 Å². The largest absolute Gasteiger partial charge is 0.462 e. The molecule has 20 heavy (non-hydrogen) atoms. The molecule has 2 aromatic heterocycles. The molecule has 0 saturated carbocycles. The number of aromatic nitrogens is 4. The number of aromatic amines is 1. The van der Waals surface area contributed by atoms with Gasteiger partial charge in [0, 0.05) is 12.7 Å². The summed E-state index contributed by atoms with van der Waals surface area (Å²) in [6.45, 7) is 3.75. The smallest absolute Gasteiger partial charge is 0.343 e. The van der Waals surface area contributed by atoms with Crippen LogP contribution in [0.3, 0.4) is 0 Å². The summed E-state index contributed by atoms with van der Waals surface area (Å²) in [4.78, 5) is 23.8. The quantitative estimate of drug-likeness (QED) is 0.808. The molecular weight excluding hydrogens is 262 g/mol. The molecule has 0 aliphatic heterocycles. The lowest BCUT2D eigenvalue weighted by atomic mass is 10.3. The minimum atomic E-state index is -0.533. The van der Waals surface area contributed by atoms with Crippen molar-refractivity contribution in [2.24, 2.45) is 7.05 Å². The summed E-state index contributed by atoms with van der Waals surface area (Å²) in [7, 11) is 1.62. The third kappa shape index (κ3) is 2.68. The molecule has 0 bridgehead atoms. The molecule has 0 radical (unpaired) electrons. The van der Waals surface area contributed by atoms with Crippen LogP contribution in [0.4, 0.5) is 5.82 Å². The lowest BCUT2D eigenvalue weighted by Crippen LogP contribution is -2.18. The van der Waals surface area contributed by atoms with Crippen LogP contribution in [0.25, 0.3) is 0 Å². The molecule has 0 aliphatic carbocycles. The van der Waals surface area contributed by atoms with Gasteiger partial charge in [-0.3, -0.25) is 14.6 Å². The fourth-order valence-corrected chi connectivity index (χ4v) is 1.65. The van der Waals surface area contributed by atoms with Crippen molar-refractivity contribution >= 4 is 17.7 Å². The number of amides is 1. The number of nitrogens with zero attached hydrogens (tertiary/aromatic N) is 3. The molecule has 2 rings (SSSR count). The Bertz CT molecular complexity index is 643. The molecular formula is C12H15N5O3. The number of carbonyl (C=O) groups excluding carboxylic acids is 2. The first-order valence-corrected chi connectivity index (χ1v) is 6.05. The number of ether oxygens (including phenoxy) is 1. The van der Waals surface area contributed by atoms with Gasteiger partial charge in [0.25, 0.3) is 5.91 Å². The summed E-state index contributed by atoms with van der Waals surface area (Å²) in [5, 5.41) is 13.1. The fourth-order valence-electron chi connectivity index (χ4n) is 1.65. The molecule has 0 unspecified atom stereocenters. The van der Waals surface area contributed by atoms with Crippen LogP contribution in [0, 0.1) is 6.92 Å². The van der Waals surface area contributed by atoms with Gasteiger partial charge in [0.2, 0.25) is 0 Å². The van der Waals surface area contributed by atoms with Gasteiger partial charge >= 0.3 is 5.97 Å². The molecule has 1 amide bonds. The third-order valence-electron chi connectivity index (χ3n) is 2.60. The first-order valence-electron chi connectivity index (χ1n) is 6.05. The summed E-state index contributed by atoms with van der Waals surface area (Å²) in [6, 6.07) is 1.61. The van der Waals surface area contributed by atoms with Crippen LogP contribution in [0.2, 0.25) is 0 Å². The maximum absolute atomic E-state index is 12.0. The number of H-pyrrole nitrogens is 1. The van der Waals surface area contributed by atoms with Gasteiger partial charge in [-0.2, -0.15) is 10.2 Å². The number of carbonyl (C=O) groups is 2. The fraction of sp³-hybridized carbons (Fsp3) is 0.333. The number of aryl methyl sites for hydroxylation is 2. The van der Waals surface area contributed by atoms with Crippen LogP contribution in [-0.4, -0.2) is 38.5 Å². The summed E-state index contributed by atoms with van der Waals surface area (Å²) in [6.07, 6.45) is 1.35. The minimum absolute atomic E-state index is 0.204. The average molecular weight is 277 g/mol. The van der Waals surface area contributed by atoms with Gasteiger partial charge in [-0.05, 0) is 19.9 Å². The molecule has 0 saturated heterocycles. The Kier molecular flexibility index (Phi) is 3.83. The Morgan fingerprint density at radius 1 is 1.50 bits per heavy atom. The number of esters is 1. The van der Waals surface area contributed by atoms with E-state index in [4.69, 9.17) is 4.74 Å². The van der Waals surface area contributed by atoms with Crippen molar-refractivity contribution in [3.63, 3.8) is 0 Å². The van der Waals surface area contributed by atoms with E-state index in [0.29, 0.717) is 0 Å². The number of anilines is 1. The number of hydrogen-bond donors (Lipinski definition) is 2. The van der Waals surface area contributed by atoms with Crippen LogP contribution < -0.4 is 5.32 Å². The molecule has 0 fully saturated rings. The van der Waals surface area contributed by atoms with E-state index in [1.54, 1.807) is 27.0 Å². The molecule has 0 aromatic carbocycles. The maximum Gasteiger partial charge on any atom is 0.343 e. The zero-order chi connectivity index (χ0) is 14.7. The van der Waals surface area contributed by atoms with Gasteiger partial charge in [0.15, 0.2) is 5.69 Å². The van der Waals surface area contributed by atoms with E-state index in [9.17, 15) is 9.59 Å². The second-order valence-corrected chi connectivity index (χ2v) is 4.14. The molecule has 0 atom stereocenters. The normalized spacial score (nSPS) is 10.3. The van der Waals surface area contributed by atoms with Crippen molar-refractivity contribution in [3.05, 3.63) is 29.2 Å².